The highest BCUT2D eigenvalue weighted by Crippen LogP contribution is 2.23. The summed E-state index contributed by atoms with van der Waals surface area (Å²) in [6.07, 6.45) is 0. The van der Waals surface area contributed by atoms with E-state index >= 15 is 0 Å². The number of nitrogens with zero attached hydrogens (tertiary/aromatic N) is 4. The molecule has 2 heterocycles. The molecule has 1 aliphatic rings. The van der Waals surface area contributed by atoms with Gasteiger partial charge in [-0.2, -0.15) is 0 Å². The van der Waals surface area contributed by atoms with Crippen molar-refractivity contribution in [2.45, 2.75) is 13.8 Å². The summed E-state index contributed by atoms with van der Waals surface area (Å²) in [6, 6.07) is 16.9. The Bertz CT molecular complexity index is 967. The number of hydrogen-bond donors (Lipinski definition) is 1. The minimum Gasteiger partial charge on any atom is -0.368 e. The normalized spacial score (nSPS) is 14.2. The lowest BCUT2D eigenvalue weighted by molar-refractivity contribution is 0.628. The molecule has 0 radical (unpaired) electrons. The molecule has 1 fully saturated rings. The molecule has 6 heteroatoms. The van der Waals surface area contributed by atoms with Gasteiger partial charge < -0.3 is 15.1 Å². The third-order valence-corrected chi connectivity index (χ3v) is 4.89. The predicted octanol–water partition coefficient (Wildman–Crippen LogP) is 4.30. The van der Waals surface area contributed by atoms with Crippen molar-refractivity contribution in [2.24, 2.45) is 0 Å². The van der Waals surface area contributed by atoms with E-state index in [9.17, 15) is 4.39 Å². The Morgan fingerprint density at radius 3 is 2.36 bits per heavy atom. The van der Waals surface area contributed by atoms with Crippen molar-refractivity contribution in [2.75, 3.05) is 41.3 Å². The van der Waals surface area contributed by atoms with Crippen LogP contribution in [0, 0.1) is 19.7 Å². The maximum atomic E-state index is 13.4. The predicted molar refractivity (Wildman–Crippen MR) is 112 cm³/mol. The minimum atomic E-state index is -0.275. The van der Waals surface area contributed by atoms with Gasteiger partial charge in [-0.1, -0.05) is 18.2 Å². The Kier molecular flexibility index (Phi) is 5.10. The van der Waals surface area contributed by atoms with Crippen LogP contribution in [-0.2, 0) is 0 Å². The highest BCUT2D eigenvalue weighted by Gasteiger charge is 2.19. The van der Waals surface area contributed by atoms with E-state index in [0.29, 0.717) is 17.3 Å². The Balaban J connectivity index is 1.47. The fourth-order valence-corrected chi connectivity index (χ4v) is 3.51. The lowest BCUT2D eigenvalue weighted by Crippen LogP contribution is -2.47. The van der Waals surface area contributed by atoms with E-state index in [1.165, 1.54) is 23.4 Å². The molecular formula is C22H24FN5. The van der Waals surface area contributed by atoms with Crippen LogP contribution in [0.15, 0.2) is 54.6 Å². The fourth-order valence-electron chi connectivity index (χ4n) is 3.51. The fraction of sp³-hybridized carbons (Fsp3) is 0.273. The van der Waals surface area contributed by atoms with Gasteiger partial charge in [0.25, 0.3) is 0 Å². The molecular weight excluding hydrogens is 353 g/mol. The van der Waals surface area contributed by atoms with Crippen molar-refractivity contribution < 1.29 is 4.39 Å². The van der Waals surface area contributed by atoms with Gasteiger partial charge in [0.05, 0.1) is 0 Å². The molecule has 28 heavy (non-hydrogen) atoms. The van der Waals surface area contributed by atoms with E-state index < -0.39 is 0 Å². The summed E-state index contributed by atoms with van der Waals surface area (Å²) in [5, 5.41) is 3.18. The minimum absolute atomic E-state index is 0.275. The van der Waals surface area contributed by atoms with E-state index in [4.69, 9.17) is 0 Å². The Labute approximate surface area is 164 Å². The van der Waals surface area contributed by atoms with Crippen LogP contribution >= 0.6 is 0 Å². The second-order valence-corrected chi connectivity index (χ2v) is 7.11. The average molecular weight is 377 g/mol. The molecule has 5 nitrogen and oxygen atoms in total. The molecule has 0 amide bonds. The Hall–Kier alpha value is -3.15. The molecule has 1 aliphatic heterocycles. The first-order valence-electron chi connectivity index (χ1n) is 9.52. The van der Waals surface area contributed by atoms with Crippen LogP contribution in [-0.4, -0.2) is 36.1 Å². The Morgan fingerprint density at radius 1 is 0.857 bits per heavy atom. The van der Waals surface area contributed by atoms with Crippen molar-refractivity contribution >= 4 is 23.0 Å². The van der Waals surface area contributed by atoms with Gasteiger partial charge in [-0.05, 0) is 49.7 Å². The zero-order valence-electron chi connectivity index (χ0n) is 16.2. The highest BCUT2D eigenvalue weighted by atomic mass is 19.1. The number of benzene rings is 2. The molecule has 0 unspecified atom stereocenters. The molecule has 1 aromatic heterocycles. The molecule has 4 rings (SSSR count). The summed E-state index contributed by atoms with van der Waals surface area (Å²) in [4.78, 5) is 13.7. The highest BCUT2D eigenvalue weighted by molar-refractivity contribution is 5.60. The van der Waals surface area contributed by atoms with Crippen molar-refractivity contribution in [3.8, 4) is 0 Å². The molecule has 1 saturated heterocycles. The summed E-state index contributed by atoms with van der Waals surface area (Å²) in [7, 11) is 0. The zero-order valence-corrected chi connectivity index (χ0v) is 16.2. The third-order valence-electron chi connectivity index (χ3n) is 4.89. The van der Waals surface area contributed by atoms with Crippen LogP contribution in [0.2, 0.25) is 0 Å². The van der Waals surface area contributed by atoms with Crippen LogP contribution in [0.3, 0.4) is 0 Å². The number of aromatic nitrogens is 2. The van der Waals surface area contributed by atoms with E-state index in [1.807, 2.05) is 19.1 Å². The molecule has 144 valence electrons. The largest absolute Gasteiger partial charge is 0.368 e. The van der Waals surface area contributed by atoms with Gasteiger partial charge >= 0.3 is 0 Å². The standard InChI is InChI=1S/C22H24FN5/c1-16-5-3-8-20(13-16)27-9-11-28(12-10-27)22-15-21(24-17(2)25-22)26-19-7-4-6-18(23)14-19/h3-8,13-15H,9-12H2,1-2H3,(H,24,25,26). The summed E-state index contributed by atoms with van der Waals surface area (Å²) in [5.41, 5.74) is 3.22. The number of halogens is 1. The maximum Gasteiger partial charge on any atom is 0.136 e. The first kappa shape index (κ1) is 18.2. The van der Waals surface area contributed by atoms with Crippen molar-refractivity contribution in [1.82, 2.24) is 9.97 Å². The Morgan fingerprint density at radius 2 is 1.61 bits per heavy atom. The molecule has 2 aromatic carbocycles. The lowest BCUT2D eigenvalue weighted by atomic mass is 10.2. The van der Waals surface area contributed by atoms with Gasteiger partial charge in [-0.3, -0.25) is 0 Å². The number of anilines is 4. The third kappa shape index (κ3) is 4.22. The molecule has 3 aromatic rings. The number of aryl methyl sites for hydroxylation is 2. The number of piperazine rings is 1. The number of rotatable bonds is 4. The van der Waals surface area contributed by atoms with Gasteiger partial charge in [0.2, 0.25) is 0 Å². The van der Waals surface area contributed by atoms with Gasteiger partial charge in [0, 0.05) is 43.6 Å². The van der Waals surface area contributed by atoms with Crippen molar-refractivity contribution in [3.05, 3.63) is 71.8 Å². The number of hydrogen-bond acceptors (Lipinski definition) is 5. The SMILES string of the molecule is Cc1cccc(N2CCN(c3cc(Nc4cccc(F)c4)nc(C)n3)CC2)c1. The van der Waals surface area contributed by atoms with Crippen molar-refractivity contribution in [3.63, 3.8) is 0 Å². The van der Waals surface area contributed by atoms with Crippen LogP contribution in [0.25, 0.3) is 0 Å². The molecule has 0 bridgehead atoms. The van der Waals surface area contributed by atoms with Gasteiger partial charge in [0.1, 0.15) is 23.3 Å². The zero-order chi connectivity index (χ0) is 19.5. The summed E-state index contributed by atoms with van der Waals surface area (Å²) < 4.78 is 13.4. The smallest absolute Gasteiger partial charge is 0.136 e. The van der Waals surface area contributed by atoms with Crippen LogP contribution in [0.1, 0.15) is 11.4 Å². The van der Waals surface area contributed by atoms with E-state index in [0.717, 1.165) is 32.0 Å². The van der Waals surface area contributed by atoms with Gasteiger partial charge in [-0.15, -0.1) is 0 Å². The van der Waals surface area contributed by atoms with Crippen LogP contribution in [0.5, 0.6) is 0 Å². The molecule has 0 spiro atoms. The van der Waals surface area contributed by atoms with E-state index in [2.05, 4.69) is 56.3 Å². The molecule has 0 saturated carbocycles. The second kappa shape index (κ2) is 7.84. The lowest BCUT2D eigenvalue weighted by Gasteiger charge is -2.37. The van der Waals surface area contributed by atoms with E-state index in [1.54, 1.807) is 6.07 Å². The quantitative estimate of drug-likeness (QED) is 0.734. The van der Waals surface area contributed by atoms with Gasteiger partial charge in [0.15, 0.2) is 0 Å². The maximum absolute atomic E-state index is 13.4. The summed E-state index contributed by atoms with van der Waals surface area (Å²) >= 11 is 0. The van der Waals surface area contributed by atoms with E-state index in [-0.39, 0.29) is 5.82 Å². The van der Waals surface area contributed by atoms with Gasteiger partial charge in [-0.25, -0.2) is 14.4 Å². The first-order chi connectivity index (χ1) is 13.6. The number of nitrogens with one attached hydrogen (secondary N) is 1. The molecule has 0 aliphatic carbocycles. The molecule has 1 N–H and O–H groups in total. The van der Waals surface area contributed by atoms with Crippen LogP contribution < -0.4 is 15.1 Å². The summed E-state index contributed by atoms with van der Waals surface area (Å²) in [6.45, 7) is 7.67. The second-order valence-electron chi connectivity index (χ2n) is 7.11. The van der Waals surface area contributed by atoms with Crippen LogP contribution in [0.4, 0.5) is 27.4 Å². The average Bonchev–Trinajstić information content (AvgIpc) is 2.68. The summed E-state index contributed by atoms with van der Waals surface area (Å²) in [5.74, 6) is 1.99. The van der Waals surface area contributed by atoms with Crippen molar-refractivity contribution in [1.29, 1.82) is 0 Å². The first-order valence-corrected chi connectivity index (χ1v) is 9.52. The molecule has 0 atom stereocenters. The monoisotopic (exact) mass is 377 g/mol. The topological polar surface area (TPSA) is 44.3 Å².